The van der Waals surface area contributed by atoms with Crippen molar-refractivity contribution < 1.29 is 19.2 Å². The lowest BCUT2D eigenvalue weighted by atomic mass is 10.1. The predicted molar refractivity (Wildman–Crippen MR) is 207 cm³/mol. The van der Waals surface area contributed by atoms with Crippen LogP contribution in [-0.2, 0) is 4.79 Å². The van der Waals surface area contributed by atoms with Gasteiger partial charge in [-0.2, -0.15) is 0 Å². The normalized spacial score (nSPS) is 16.0. The van der Waals surface area contributed by atoms with Gasteiger partial charge in [-0.05, 0) is 121 Å². The molecule has 0 bridgehead atoms. The molecule has 0 atom stereocenters. The average Bonchev–Trinajstić information content (AvgIpc) is 3.30. The Morgan fingerprint density at radius 1 is 0.327 bits per heavy atom. The van der Waals surface area contributed by atoms with E-state index in [1.807, 2.05) is 0 Å². The molecule has 9 nitrogen and oxygen atoms in total. The third kappa shape index (κ3) is 5.63. The van der Waals surface area contributed by atoms with Gasteiger partial charge < -0.3 is 0 Å². The standard InChI is InChI=1S/C35H20Br5N5O4/c36-21-1-11-26(12-2-21)41-31(46)35(43(32(41)47)28-15-5-23(38)6-16-28)44(29-17-7-24(39)8-18-29)33(48)42(27-13-3-22(37)4-14-27)34(49)45(35)30-19-9-25(40)10-20-30/h1-20H. The molecule has 7 rings (SSSR count). The Hall–Kier alpha value is -3.82. The summed E-state index contributed by atoms with van der Waals surface area (Å²) in [6, 6.07) is 31.1. The van der Waals surface area contributed by atoms with Crippen LogP contribution < -0.4 is 24.5 Å². The summed E-state index contributed by atoms with van der Waals surface area (Å²) in [7, 11) is 0. The van der Waals surface area contributed by atoms with E-state index in [1.54, 1.807) is 121 Å². The van der Waals surface area contributed by atoms with Crippen molar-refractivity contribution in [3.63, 3.8) is 0 Å². The maximum atomic E-state index is 15.5. The lowest BCUT2D eigenvalue weighted by Gasteiger charge is -2.54. The Labute approximate surface area is 322 Å². The van der Waals surface area contributed by atoms with Gasteiger partial charge in [0.15, 0.2) is 0 Å². The van der Waals surface area contributed by atoms with Gasteiger partial charge in [0, 0.05) is 22.4 Å². The second-order valence-corrected chi connectivity index (χ2v) is 15.4. The van der Waals surface area contributed by atoms with Crippen molar-refractivity contribution in [2.45, 2.75) is 5.79 Å². The highest BCUT2D eigenvalue weighted by Gasteiger charge is 2.72. The number of nitrogens with zero attached hydrogens (tertiary/aromatic N) is 5. The highest BCUT2D eigenvalue weighted by molar-refractivity contribution is 9.11. The fourth-order valence-electron chi connectivity index (χ4n) is 5.88. The summed E-state index contributed by atoms with van der Waals surface area (Å²) in [4.78, 5) is 66.3. The van der Waals surface area contributed by atoms with Gasteiger partial charge in [0.2, 0.25) is 0 Å². The van der Waals surface area contributed by atoms with Gasteiger partial charge in [-0.1, -0.05) is 79.6 Å². The number of carbonyl (C=O) groups excluding carboxylic acids is 4. The third-order valence-corrected chi connectivity index (χ3v) is 10.6. The van der Waals surface area contributed by atoms with Gasteiger partial charge in [-0.25, -0.2) is 38.9 Å². The van der Waals surface area contributed by atoms with Crippen molar-refractivity contribution in [3.8, 4) is 0 Å². The fourth-order valence-corrected chi connectivity index (χ4v) is 7.20. The van der Waals surface area contributed by atoms with E-state index in [0.29, 0.717) is 0 Å². The largest absolute Gasteiger partial charge is 0.341 e. The molecule has 0 radical (unpaired) electrons. The summed E-state index contributed by atoms with van der Waals surface area (Å²) in [5.41, 5.74) is 1.28. The first-order valence-electron chi connectivity index (χ1n) is 14.5. The highest BCUT2D eigenvalue weighted by atomic mass is 79.9. The quantitative estimate of drug-likeness (QED) is 0.164. The third-order valence-electron chi connectivity index (χ3n) is 8.00. The molecule has 0 aliphatic carbocycles. The molecule has 2 aliphatic heterocycles. The molecule has 7 amide bonds. The SMILES string of the molecule is O=C1N(c2ccc(Br)cc2)C(=O)N(c2ccc(Br)cc2)C2(C(=O)N(c3ccc(Br)cc3)C(=O)N2c2ccc(Br)cc2)N1c1ccc(Br)cc1. The molecule has 2 heterocycles. The average molecular weight is 974 g/mol. The molecule has 1 spiro atoms. The number of anilines is 5. The second kappa shape index (κ2) is 13.1. The number of halogens is 5. The molecule has 0 saturated carbocycles. The molecule has 49 heavy (non-hydrogen) atoms. The van der Waals surface area contributed by atoms with E-state index in [1.165, 1.54) is 14.7 Å². The van der Waals surface area contributed by atoms with Crippen LogP contribution in [0.3, 0.4) is 0 Å². The minimum absolute atomic E-state index is 0.249. The van der Waals surface area contributed by atoms with E-state index in [2.05, 4.69) is 79.6 Å². The first-order chi connectivity index (χ1) is 23.5. The number of carbonyl (C=O) groups is 4. The summed E-state index contributed by atoms with van der Waals surface area (Å²) in [5, 5.41) is 0. The van der Waals surface area contributed by atoms with Crippen molar-refractivity contribution in [1.29, 1.82) is 0 Å². The van der Waals surface area contributed by atoms with E-state index in [4.69, 9.17) is 0 Å². The van der Waals surface area contributed by atoms with Crippen LogP contribution in [0.1, 0.15) is 0 Å². The van der Waals surface area contributed by atoms with Crippen LogP contribution in [0.2, 0.25) is 0 Å². The topological polar surface area (TPSA) is 84.5 Å². The summed E-state index contributed by atoms with van der Waals surface area (Å²) < 4.78 is 3.63. The van der Waals surface area contributed by atoms with Crippen LogP contribution in [0.15, 0.2) is 144 Å². The van der Waals surface area contributed by atoms with Crippen molar-refractivity contribution in [2.24, 2.45) is 0 Å². The van der Waals surface area contributed by atoms with Gasteiger partial charge in [-0.3, -0.25) is 4.79 Å². The lowest BCUT2D eigenvalue weighted by molar-refractivity contribution is -0.121. The summed E-state index contributed by atoms with van der Waals surface area (Å²) >= 11 is 17.2. The molecule has 244 valence electrons. The van der Waals surface area contributed by atoms with E-state index >= 15 is 14.4 Å². The number of imide groups is 2. The Kier molecular flexibility index (Phi) is 9.03. The van der Waals surface area contributed by atoms with Crippen molar-refractivity contribution in [3.05, 3.63) is 144 Å². The minimum atomic E-state index is -2.40. The van der Waals surface area contributed by atoms with Crippen LogP contribution in [0, 0.1) is 0 Å². The summed E-state index contributed by atoms with van der Waals surface area (Å²) in [5.74, 6) is -3.25. The van der Waals surface area contributed by atoms with Crippen LogP contribution in [0.5, 0.6) is 0 Å². The second-order valence-electron chi connectivity index (χ2n) is 10.8. The molecule has 5 aromatic rings. The molecular formula is C35H20Br5N5O4. The van der Waals surface area contributed by atoms with Gasteiger partial charge in [0.1, 0.15) is 0 Å². The van der Waals surface area contributed by atoms with Crippen molar-refractivity contribution >= 4 is 132 Å². The van der Waals surface area contributed by atoms with E-state index < -0.39 is 29.8 Å². The van der Waals surface area contributed by atoms with Crippen LogP contribution in [0.4, 0.5) is 42.8 Å². The monoisotopic (exact) mass is 969 g/mol. The molecule has 2 aliphatic rings. The maximum absolute atomic E-state index is 15.5. The van der Waals surface area contributed by atoms with Gasteiger partial charge >= 0.3 is 24.0 Å². The minimum Gasteiger partial charge on any atom is -0.267 e. The van der Waals surface area contributed by atoms with Crippen LogP contribution >= 0.6 is 79.6 Å². The fraction of sp³-hybridized carbons (Fsp3) is 0.0286. The first kappa shape index (κ1) is 33.7. The molecule has 0 aromatic heterocycles. The zero-order chi connectivity index (χ0) is 34.6. The Morgan fingerprint density at radius 2 is 0.551 bits per heavy atom. The van der Waals surface area contributed by atoms with Crippen molar-refractivity contribution in [1.82, 2.24) is 0 Å². The molecule has 0 unspecified atom stereocenters. The number of rotatable bonds is 5. The molecular weight excluding hydrogens is 954 g/mol. The number of hydrogen-bond donors (Lipinski definition) is 0. The predicted octanol–water partition coefficient (Wildman–Crippen LogP) is 10.9. The van der Waals surface area contributed by atoms with E-state index in [0.717, 1.165) is 32.2 Å². The smallest absolute Gasteiger partial charge is 0.267 e. The van der Waals surface area contributed by atoms with Gasteiger partial charge in [0.05, 0.1) is 28.4 Å². The van der Waals surface area contributed by atoms with Gasteiger partial charge in [-0.15, -0.1) is 0 Å². The van der Waals surface area contributed by atoms with Crippen LogP contribution in [-0.4, -0.2) is 29.8 Å². The Morgan fingerprint density at radius 3 is 0.837 bits per heavy atom. The van der Waals surface area contributed by atoms with Crippen LogP contribution in [0.25, 0.3) is 0 Å². The Balaban J connectivity index is 1.60. The number of hydrogen-bond acceptors (Lipinski definition) is 4. The zero-order valence-corrected chi connectivity index (χ0v) is 32.7. The van der Waals surface area contributed by atoms with E-state index in [9.17, 15) is 4.79 Å². The lowest BCUT2D eigenvalue weighted by Crippen LogP contribution is -2.82. The highest BCUT2D eigenvalue weighted by Crippen LogP contribution is 2.48. The molecule has 2 fully saturated rings. The molecule has 5 aromatic carbocycles. The first-order valence-corrected chi connectivity index (χ1v) is 18.4. The number of benzene rings is 5. The molecule has 2 saturated heterocycles. The van der Waals surface area contributed by atoms with Crippen molar-refractivity contribution in [2.75, 3.05) is 24.5 Å². The number of amides is 7. The summed E-state index contributed by atoms with van der Waals surface area (Å²) in [6.07, 6.45) is 0. The number of urea groups is 3. The van der Waals surface area contributed by atoms with E-state index in [-0.39, 0.29) is 28.4 Å². The Bertz CT molecular complexity index is 2050. The molecule has 14 heteroatoms. The maximum Gasteiger partial charge on any atom is 0.341 e. The van der Waals surface area contributed by atoms with Gasteiger partial charge in [0.25, 0.3) is 5.79 Å². The zero-order valence-electron chi connectivity index (χ0n) is 24.8. The molecule has 0 N–H and O–H groups in total. The summed E-state index contributed by atoms with van der Waals surface area (Å²) in [6.45, 7) is 0.